The van der Waals surface area contributed by atoms with Crippen molar-refractivity contribution < 1.29 is 4.79 Å². The fraction of sp³-hybridized carbons (Fsp3) is 0.533. The Morgan fingerprint density at radius 1 is 1.35 bits per heavy atom. The van der Waals surface area contributed by atoms with Crippen molar-refractivity contribution in [3.05, 3.63) is 34.9 Å². The molecule has 0 radical (unpaired) electrons. The van der Waals surface area contributed by atoms with Gasteiger partial charge >= 0.3 is 0 Å². The summed E-state index contributed by atoms with van der Waals surface area (Å²) < 4.78 is 0. The predicted octanol–water partition coefficient (Wildman–Crippen LogP) is 2.88. The molecule has 0 bridgehead atoms. The van der Waals surface area contributed by atoms with Gasteiger partial charge in [0.1, 0.15) is 0 Å². The van der Waals surface area contributed by atoms with Gasteiger partial charge in [-0.15, -0.1) is 0 Å². The molecule has 0 amide bonds. The number of aryl methyl sites for hydroxylation is 2. The maximum atomic E-state index is 12.7. The largest absolute Gasteiger partial charge is 0.316 e. The zero-order chi connectivity index (χ0) is 12.5. The molecule has 17 heavy (non-hydrogen) atoms. The van der Waals surface area contributed by atoms with Gasteiger partial charge in [0.15, 0.2) is 5.78 Å². The first kappa shape index (κ1) is 12.3. The van der Waals surface area contributed by atoms with E-state index in [0.29, 0.717) is 5.78 Å². The van der Waals surface area contributed by atoms with E-state index in [4.69, 9.17) is 0 Å². The molecule has 0 aromatic heterocycles. The molecule has 1 N–H and O–H groups in total. The van der Waals surface area contributed by atoms with Gasteiger partial charge in [-0.25, -0.2) is 0 Å². The van der Waals surface area contributed by atoms with Gasteiger partial charge in [0.25, 0.3) is 0 Å². The fourth-order valence-electron chi connectivity index (χ4n) is 2.56. The summed E-state index contributed by atoms with van der Waals surface area (Å²) >= 11 is 0. The van der Waals surface area contributed by atoms with Crippen LogP contribution in [-0.4, -0.2) is 18.9 Å². The molecule has 2 rings (SSSR count). The number of benzene rings is 1. The highest BCUT2D eigenvalue weighted by atomic mass is 16.1. The van der Waals surface area contributed by atoms with Crippen molar-refractivity contribution in [2.75, 3.05) is 13.1 Å². The highest BCUT2D eigenvalue weighted by molar-refractivity contribution is 6.01. The number of hydrogen-bond donors (Lipinski definition) is 1. The van der Waals surface area contributed by atoms with Crippen LogP contribution in [0.25, 0.3) is 0 Å². The Balaban J connectivity index is 2.32. The minimum absolute atomic E-state index is 0.225. The number of nitrogens with one attached hydrogen (secondary N) is 1. The Labute approximate surface area is 103 Å². The van der Waals surface area contributed by atoms with Gasteiger partial charge in [0.2, 0.25) is 0 Å². The van der Waals surface area contributed by atoms with E-state index in [1.807, 2.05) is 26.0 Å². The van der Waals surface area contributed by atoms with E-state index in [1.165, 1.54) is 0 Å². The summed E-state index contributed by atoms with van der Waals surface area (Å²) in [6.07, 6.45) is 2.08. The monoisotopic (exact) mass is 231 g/mol. The smallest absolute Gasteiger partial charge is 0.170 e. The lowest BCUT2D eigenvalue weighted by atomic mass is 9.75. The van der Waals surface area contributed by atoms with Crippen LogP contribution in [0.15, 0.2) is 18.2 Å². The highest BCUT2D eigenvalue weighted by Crippen LogP contribution is 2.31. The van der Waals surface area contributed by atoms with Crippen molar-refractivity contribution in [1.29, 1.82) is 0 Å². The molecule has 1 aliphatic rings. The minimum atomic E-state index is -0.225. The molecule has 2 nitrogen and oxygen atoms in total. The summed E-state index contributed by atoms with van der Waals surface area (Å²) in [5.41, 5.74) is 2.92. The normalized spacial score (nSPS) is 24.6. The Hall–Kier alpha value is -1.15. The van der Waals surface area contributed by atoms with E-state index in [-0.39, 0.29) is 5.41 Å². The molecule has 1 unspecified atom stereocenters. The van der Waals surface area contributed by atoms with Crippen molar-refractivity contribution >= 4 is 5.78 Å². The van der Waals surface area contributed by atoms with Gasteiger partial charge in [0.05, 0.1) is 0 Å². The molecule has 0 spiro atoms. The molecule has 92 valence electrons. The van der Waals surface area contributed by atoms with Gasteiger partial charge in [-0.3, -0.25) is 4.79 Å². The Kier molecular flexibility index (Phi) is 3.34. The van der Waals surface area contributed by atoms with E-state index in [0.717, 1.165) is 42.6 Å². The Bertz CT molecular complexity index is 431. The molecule has 0 aliphatic carbocycles. The number of piperidine rings is 1. The summed E-state index contributed by atoms with van der Waals surface area (Å²) in [6.45, 7) is 7.99. The number of hydrogen-bond acceptors (Lipinski definition) is 2. The van der Waals surface area contributed by atoms with Crippen LogP contribution in [0.3, 0.4) is 0 Å². The number of carbonyl (C=O) groups is 1. The van der Waals surface area contributed by atoms with Crippen LogP contribution in [0.2, 0.25) is 0 Å². The molecule has 0 saturated carbocycles. The number of ketones is 1. The maximum absolute atomic E-state index is 12.7. The van der Waals surface area contributed by atoms with E-state index in [9.17, 15) is 4.79 Å². The second kappa shape index (κ2) is 4.61. The quantitative estimate of drug-likeness (QED) is 0.793. The molecule has 1 fully saturated rings. The van der Waals surface area contributed by atoms with Crippen molar-refractivity contribution in [3.63, 3.8) is 0 Å². The first-order valence-electron chi connectivity index (χ1n) is 6.36. The minimum Gasteiger partial charge on any atom is -0.316 e. The van der Waals surface area contributed by atoms with Crippen LogP contribution < -0.4 is 5.32 Å². The molecule has 1 atom stereocenters. The molecule has 2 heteroatoms. The summed E-state index contributed by atoms with van der Waals surface area (Å²) in [7, 11) is 0. The third kappa shape index (κ3) is 2.42. The number of carbonyl (C=O) groups excluding carboxylic acids is 1. The van der Waals surface area contributed by atoms with Crippen LogP contribution >= 0.6 is 0 Å². The summed E-state index contributed by atoms with van der Waals surface area (Å²) in [6, 6.07) is 6.13. The van der Waals surface area contributed by atoms with Crippen LogP contribution in [-0.2, 0) is 0 Å². The van der Waals surface area contributed by atoms with E-state index >= 15 is 0 Å². The third-order valence-corrected chi connectivity index (χ3v) is 3.78. The van der Waals surface area contributed by atoms with E-state index < -0.39 is 0 Å². The first-order valence-corrected chi connectivity index (χ1v) is 6.36. The molecule has 1 saturated heterocycles. The van der Waals surface area contributed by atoms with Crippen LogP contribution in [0, 0.1) is 19.3 Å². The van der Waals surface area contributed by atoms with Crippen LogP contribution in [0.1, 0.15) is 41.3 Å². The van der Waals surface area contributed by atoms with Crippen molar-refractivity contribution in [3.8, 4) is 0 Å². The molecular weight excluding hydrogens is 210 g/mol. The van der Waals surface area contributed by atoms with Gasteiger partial charge in [-0.1, -0.05) is 24.6 Å². The maximum Gasteiger partial charge on any atom is 0.170 e. The molecule has 1 heterocycles. The average molecular weight is 231 g/mol. The lowest BCUT2D eigenvalue weighted by Gasteiger charge is -2.33. The molecule has 1 aliphatic heterocycles. The van der Waals surface area contributed by atoms with Crippen LogP contribution in [0.4, 0.5) is 0 Å². The second-order valence-corrected chi connectivity index (χ2v) is 5.49. The Morgan fingerprint density at radius 2 is 2.12 bits per heavy atom. The average Bonchev–Trinajstić information content (AvgIpc) is 2.32. The zero-order valence-electron chi connectivity index (χ0n) is 11.0. The van der Waals surface area contributed by atoms with Gasteiger partial charge in [-0.05, 0) is 44.9 Å². The number of Topliss-reactive ketones (excluding diaryl/α,β-unsaturated/α-hetero) is 1. The van der Waals surface area contributed by atoms with Crippen molar-refractivity contribution in [1.82, 2.24) is 5.32 Å². The summed E-state index contributed by atoms with van der Waals surface area (Å²) in [5.74, 6) is 0.297. The topological polar surface area (TPSA) is 29.1 Å². The SMILES string of the molecule is Cc1ccc(C)c(C(=O)C2(C)CCCNC2)c1. The summed E-state index contributed by atoms with van der Waals surface area (Å²) in [5, 5.41) is 3.34. The third-order valence-electron chi connectivity index (χ3n) is 3.78. The lowest BCUT2D eigenvalue weighted by molar-refractivity contribution is 0.0772. The lowest BCUT2D eigenvalue weighted by Crippen LogP contribution is -2.43. The van der Waals surface area contributed by atoms with E-state index in [1.54, 1.807) is 0 Å². The van der Waals surface area contributed by atoms with Gasteiger partial charge in [0, 0.05) is 17.5 Å². The molecular formula is C15H21NO. The van der Waals surface area contributed by atoms with Crippen molar-refractivity contribution in [2.45, 2.75) is 33.6 Å². The molecule has 1 aromatic carbocycles. The fourth-order valence-corrected chi connectivity index (χ4v) is 2.56. The van der Waals surface area contributed by atoms with Gasteiger partial charge in [-0.2, -0.15) is 0 Å². The van der Waals surface area contributed by atoms with E-state index in [2.05, 4.69) is 18.3 Å². The first-order chi connectivity index (χ1) is 8.03. The summed E-state index contributed by atoms with van der Waals surface area (Å²) in [4.78, 5) is 12.7. The Morgan fingerprint density at radius 3 is 2.76 bits per heavy atom. The van der Waals surface area contributed by atoms with Crippen molar-refractivity contribution in [2.24, 2.45) is 5.41 Å². The highest BCUT2D eigenvalue weighted by Gasteiger charge is 2.35. The zero-order valence-corrected chi connectivity index (χ0v) is 11.0. The predicted molar refractivity (Wildman–Crippen MR) is 70.5 cm³/mol. The van der Waals surface area contributed by atoms with Crippen LogP contribution in [0.5, 0.6) is 0 Å². The second-order valence-electron chi connectivity index (χ2n) is 5.49. The number of rotatable bonds is 2. The van der Waals surface area contributed by atoms with Gasteiger partial charge < -0.3 is 5.32 Å². The molecule has 1 aromatic rings. The standard InChI is InChI=1S/C15H21NO/c1-11-5-6-12(2)13(9-11)14(17)15(3)7-4-8-16-10-15/h5-6,9,16H,4,7-8,10H2,1-3H3.